The predicted molar refractivity (Wildman–Crippen MR) is 155 cm³/mol. The molecule has 2 aliphatic carbocycles. The lowest BCUT2D eigenvalue weighted by molar-refractivity contribution is -0.156. The third-order valence-corrected chi connectivity index (χ3v) is 10.0. The van der Waals surface area contributed by atoms with E-state index in [9.17, 15) is 28.8 Å². The second-order valence-corrected chi connectivity index (χ2v) is 12.9. The van der Waals surface area contributed by atoms with Crippen LogP contribution in [0.5, 0.6) is 0 Å². The van der Waals surface area contributed by atoms with Crippen molar-refractivity contribution in [3.05, 3.63) is 22.2 Å². The molecule has 0 aromatic carbocycles. The van der Waals surface area contributed by atoms with Crippen LogP contribution < -0.4 is 0 Å². The summed E-state index contributed by atoms with van der Waals surface area (Å²) in [5.41, 5.74) is 0. The highest BCUT2D eigenvalue weighted by atomic mass is 35.5. The minimum absolute atomic E-state index is 0.229. The largest absolute Gasteiger partial charge is 0.337 e. The molecule has 0 aromatic rings. The maximum absolute atomic E-state index is 13.7. The number of imide groups is 2. The lowest BCUT2D eigenvalue weighted by atomic mass is 9.85. The SMILES string of the molecule is CCC[C@H](C(=O)N1CCN(C(=O)[C@H](CCC)N2C(=O)[C@H]3CC(Cl)=CC[C@H]3C2=O)CC1)N1C(=O)[C@@H]2CC=C(Cl)C[C@H]2C1=O. The highest BCUT2D eigenvalue weighted by Crippen LogP contribution is 2.41. The van der Waals surface area contributed by atoms with Crippen LogP contribution in [0.1, 0.15) is 65.2 Å². The quantitative estimate of drug-likeness (QED) is 0.385. The summed E-state index contributed by atoms with van der Waals surface area (Å²) >= 11 is 12.3. The summed E-state index contributed by atoms with van der Waals surface area (Å²) in [6.07, 6.45) is 6.90. The van der Waals surface area contributed by atoms with Crippen LogP contribution in [0.25, 0.3) is 0 Å². The van der Waals surface area contributed by atoms with E-state index in [-0.39, 0.29) is 61.6 Å². The molecule has 3 aliphatic heterocycles. The van der Waals surface area contributed by atoms with Crippen molar-refractivity contribution in [2.24, 2.45) is 23.7 Å². The van der Waals surface area contributed by atoms with Gasteiger partial charge < -0.3 is 9.80 Å². The molecule has 0 unspecified atom stereocenters. The Bertz CT molecular complexity index is 1150. The van der Waals surface area contributed by atoms with E-state index in [0.717, 1.165) is 0 Å². The molecule has 5 rings (SSSR count). The molecular weight excluding hydrogens is 583 g/mol. The van der Waals surface area contributed by atoms with E-state index >= 15 is 0 Å². The van der Waals surface area contributed by atoms with E-state index in [4.69, 9.17) is 23.2 Å². The number of hydrogen-bond acceptors (Lipinski definition) is 6. The molecular formula is C30H38Cl2N4O6. The maximum atomic E-state index is 13.7. The van der Waals surface area contributed by atoms with E-state index in [0.29, 0.717) is 61.4 Å². The Morgan fingerprint density at radius 2 is 1.00 bits per heavy atom. The molecule has 0 saturated carbocycles. The molecule has 3 heterocycles. The predicted octanol–water partition coefficient (Wildman–Crippen LogP) is 3.03. The Balaban J connectivity index is 1.25. The van der Waals surface area contributed by atoms with Gasteiger partial charge >= 0.3 is 0 Å². The summed E-state index contributed by atoms with van der Waals surface area (Å²) in [5, 5.41) is 1.13. The summed E-state index contributed by atoms with van der Waals surface area (Å²) in [6, 6.07) is -1.78. The van der Waals surface area contributed by atoms with Crippen LogP contribution in [0.4, 0.5) is 0 Å². The standard InChI is InChI=1S/C30H38Cl2N4O6/c1-3-5-23(35-25(37)19-9-7-17(31)15-21(19)27(35)39)29(41)33-11-13-34(14-12-33)30(42)24(6-4-2)36-26(38)20-10-8-18(32)16-22(20)28(36)40/h7-8,19-24H,3-6,9-16H2,1-2H3/t19-,20-,21-,22+,23-,24+/m1/s1. The van der Waals surface area contributed by atoms with Crippen LogP contribution in [-0.4, -0.2) is 93.3 Å². The molecule has 5 aliphatic rings. The maximum Gasteiger partial charge on any atom is 0.245 e. The summed E-state index contributed by atoms with van der Waals surface area (Å²) in [6.45, 7) is 4.73. The van der Waals surface area contributed by atoms with Crippen molar-refractivity contribution in [2.75, 3.05) is 26.2 Å². The Kier molecular flexibility index (Phi) is 9.13. The molecule has 12 heteroatoms. The Morgan fingerprint density at radius 3 is 1.33 bits per heavy atom. The highest BCUT2D eigenvalue weighted by molar-refractivity contribution is 6.30. The molecule has 0 radical (unpaired) electrons. The number of likely N-dealkylation sites (tertiary alicyclic amines) is 2. The van der Waals surface area contributed by atoms with E-state index < -0.39 is 35.8 Å². The van der Waals surface area contributed by atoms with Gasteiger partial charge in [0, 0.05) is 36.2 Å². The van der Waals surface area contributed by atoms with Gasteiger partial charge in [-0.25, -0.2) is 0 Å². The smallest absolute Gasteiger partial charge is 0.245 e. The first-order valence-electron chi connectivity index (χ1n) is 15.1. The molecule has 228 valence electrons. The van der Waals surface area contributed by atoms with Crippen LogP contribution >= 0.6 is 23.2 Å². The third-order valence-electron chi connectivity index (χ3n) is 9.43. The molecule has 10 nitrogen and oxygen atoms in total. The van der Waals surface area contributed by atoms with Crippen LogP contribution in [0.3, 0.4) is 0 Å². The van der Waals surface area contributed by atoms with Crippen molar-refractivity contribution in [1.82, 2.24) is 19.6 Å². The normalized spacial score (nSPS) is 29.3. The number of rotatable bonds is 8. The lowest BCUT2D eigenvalue weighted by Gasteiger charge is -2.39. The van der Waals surface area contributed by atoms with Crippen molar-refractivity contribution in [2.45, 2.75) is 77.3 Å². The fourth-order valence-corrected chi connectivity index (χ4v) is 7.67. The van der Waals surface area contributed by atoms with Gasteiger partial charge in [0.25, 0.3) is 0 Å². The zero-order valence-corrected chi connectivity index (χ0v) is 25.6. The number of allylic oxidation sites excluding steroid dienone is 4. The topological polar surface area (TPSA) is 115 Å². The summed E-state index contributed by atoms with van der Waals surface area (Å²) in [7, 11) is 0. The zero-order valence-electron chi connectivity index (χ0n) is 24.1. The van der Waals surface area contributed by atoms with Crippen molar-refractivity contribution >= 4 is 58.6 Å². The van der Waals surface area contributed by atoms with Crippen molar-refractivity contribution in [3.63, 3.8) is 0 Å². The van der Waals surface area contributed by atoms with Gasteiger partial charge in [-0.3, -0.25) is 38.6 Å². The lowest BCUT2D eigenvalue weighted by Crippen LogP contribution is -2.59. The fourth-order valence-electron chi connectivity index (χ4n) is 7.16. The average Bonchev–Trinajstić information content (AvgIpc) is 3.37. The van der Waals surface area contributed by atoms with E-state index in [2.05, 4.69) is 0 Å². The second-order valence-electron chi connectivity index (χ2n) is 12.0. The van der Waals surface area contributed by atoms with Crippen LogP contribution in [0.2, 0.25) is 0 Å². The Hall–Kier alpha value is -2.72. The summed E-state index contributed by atoms with van der Waals surface area (Å²) < 4.78 is 0. The zero-order chi connectivity index (χ0) is 30.3. The van der Waals surface area contributed by atoms with E-state index in [1.165, 1.54) is 9.80 Å². The number of carbonyl (C=O) groups is 6. The molecule has 0 aromatic heterocycles. The van der Waals surface area contributed by atoms with Crippen LogP contribution in [0, 0.1) is 23.7 Å². The van der Waals surface area contributed by atoms with Crippen molar-refractivity contribution < 1.29 is 28.8 Å². The van der Waals surface area contributed by atoms with Crippen LogP contribution in [-0.2, 0) is 28.8 Å². The monoisotopic (exact) mass is 620 g/mol. The number of halogens is 2. The van der Waals surface area contributed by atoms with Gasteiger partial charge in [0.15, 0.2) is 0 Å². The van der Waals surface area contributed by atoms with Gasteiger partial charge in [0.05, 0.1) is 23.7 Å². The van der Waals surface area contributed by atoms with Gasteiger partial charge in [-0.1, -0.05) is 62.0 Å². The van der Waals surface area contributed by atoms with E-state index in [1.54, 1.807) is 22.0 Å². The minimum atomic E-state index is -0.891. The molecule has 0 spiro atoms. The number of nitrogens with zero attached hydrogens (tertiary/aromatic N) is 4. The number of carbonyl (C=O) groups excluding carboxylic acids is 6. The minimum Gasteiger partial charge on any atom is -0.337 e. The van der Waals surface area contributed by atoms with Gasteiger partial charge in [-0.15, -0.1) is 0 Å². The fraction of sp³-hybridized carbons (Fsp3) is 0.667. The molecule has 3 fully saturated rings. The van der Waals surface area contributed by atoms with Crippen LogP contribution in [0.15, 0.2) is 22.2 Å². The number of hydrogen-bond donors (Lipinski definition) is 0. The van der Waals surface area contributed by atoms with Crippen molar-refractivity contribution in [3.8, 4) is 0 Å². The molecule has 0 N–H and O–H groups in total. The van der Waals surface area contributed by atoms with Gasteiger partial charge in [-0.05, 0) is 38.5 Å². The van der Waals surface area contributed by atoms with Gasteiger partial charge in [0.1, 0.15) is 12.1 Å². The average molecular weight is 622 g/mol. The summed E-state index contributed by atoms with van der Waals surface area (Å²) in [5.74, 6) is -3.92. The summed E-state index contributed by atoms with van der Waals surface area (Å²) in [4.78, 5) is 86.2. The number of piperazine rings is 1. The number of amides is 6. The van der Waals surface area contributed by atoms with Crippen molar-refractivity contribution in [1.29, 1.82) is 0 Å². The first-order valence-corrected chi connectivity index (χ1v) is 15.8. The van der Waals surface area contributed by atoms with Gasteiger partial charge in [-0.2, -0.15) is 0 Å². The first-order chi connectivity index (χ1) is 20.1. The molecule has 3 saturated heterocycles. The van der Waals surface area contributed by atoms with E-state index in [1.807, 2.05) is 13.8 Å². The Morgan fingerprint density at radius 1 is 0.667 bits per heavy atom. The number of fused-ring (bicyclic) bond motifs is 2. The molecule has 6 amide bonds. The molecule has 0 bridgehead atoms. The first kappa shape index (κ1) is 30.7. The third kappa shape index (κ3) is 5.41. The highest BCUT2D eigenvalue weighted by Gasteiger charge is 2.54. The Labute approximate surface area is 256 Å². The molecule has 6 atom stereocenters. The van der Waals surface area contributed by atoms with Gasteiger partial charge in [0.2, 0.25) is 35.4 Å². The second kappa shape index (κ2) is 12.5. The molecule has 42 heavy (non-hydrogen) atoms.